The number of nitrogens with zero attached hydrogens (tertiary/aromatic N) is 2. The summed E-state index contributed by atoms with van der Waals surface area (Å²) in [6.45, 7) is 4.61. The van der Waals surface area contributed by atoms with Crippen LogP contribution in [0.1, 0.15) is 34.1 Å². The van der Waals surface area contributed by atoms with Crippen LogP contribution in [-0.4, -0.2) is 34.5 Å². The fourth-order valence-corrected chi connectivity index (χ4v) is 4.17. The highest BCUT2D eigenvalue weighted by atomic mass is 16.6. The Labute approximate surface area is 207 Å². The first-order valence-electron chi connectivity index (χ1n) is 11.8. The van der Waals surface area contributed by atoms with Crippen LogP contribution in [0.25, 0.3) is 11.0 Å². The van der Waals surface area contributed by atoms with Gasteiger partial charge >= 0.3 is 0 Å². The summed E-state index contributed by atoms with van der Waals surface area (Å²) >= 11 is 0. The summed E-state index contributed by atoms with van der Waals surface area (Å²) in [5.41, 5.74) is 2.67. The molecule has 0 spiro atoms. The van der Waals surface area contributed by atoms with E-state index in [1.54, 1.807) is 54.0 Å². The SMILES string of the molecule is CCc1ccc(C(=O)c2cn(CC(=O)Nc3ccc4c(c3)OCCO4)c3nc(C)ccc3c2=O)cc1. The molecule has 2 aromatic heterocycles. The summed E-state index contributed by atoms with van der Waals surface area (Å²) in [5, 5.41) is 3.12. The number of ether oxygens (including phenoxy) is 2. The number of aromatic nitrogens is 2. The van der Waals surface area contributed by atoms with Gasteiger partial charge in [0, 0.05) is 29.2 Å². The van der Waals surface area contributed by atoms with Crippen LogP contribution in [0.2, 0.25) is 0 Å². The van der Waals surface area contributed by atoms with Crippen molar-refractivity contribution >= 4 is 28.4 Å². The molecule has 36 heavy (non-hydrogen) atoms. The number of fused-ring (bicyclic) bond motifs is 2. The van der Waals surface area contributed by atoms with Gasteiger partial charge in [0.1, 0.15) is 25.4 Å². The number of hydrogen-bond donors (Lipinski definition) is 1. The summed E-state index contributed by atoms with van der Waals surface area (Å²) in [6.07, 6.45) is 2.28. The van der Waals surface area contributed by atoms with Crippen molar-refractivity contribution in [1.29, 1.82) is 0 Å². The number of hydrogen-bond acceptors (Lipinski definition) is 6. The van der Waals surface area contributed by atoms with Crippen LogP contribution in [0.3, 0.4) is 0 Å². The summed E-state index contributed by atoms with van der Waals surface area (Å²) in [5.74, 6) is 0.448. The Hall–Kier alpha value is -4.46. The van der Waals surface area contributed by atoms with Gasteiger partial charge in [-0.15, -0.1) is 0 Å². The van der Waals surface area contributed by atoms with Crippen LogP contribution in [0.4, 0.5) is 5.69 Å². The number of amides is 1. The molecule has 5 rings (SSSR count). The van der Waals surface area contributed by atoms with Crippen molar-refractivity contribution in [3.63, 3.8) is 0 Å². The number of ketones is 1. The third-order valence-corrected chi connectivity index (χ3v) is 6.07. The first-order valence-corrected chi connectivity index (χ1v) is 11.8. The second-order valence-corrected chi connectivity index (χ2v) is 8.61. The molecule has 1 N–H and O–H groups in total. The second kappa shape index (κ2) is 9.65. The lowest BCUT2D eigenvalue weighted by molar-refractivity contribution is -0.116. The van der Waals surface area contributed by atoms with Gasteiger partial charge in [-0.05, 0) is 43.2 Å². The highest BCUT2D eigenvalue weighted by Crippen LogP contribution is 2.32. The third-order valence-electron chi connectivity index (χ3n) is 6.07. The van der Waals surface area contributed by atoms with Gasteiger partial charge in [-0.2, -0.15) is 0 Å². The van der Waals surface area contributed by atoms with Crippen LogP contribution in [0, 0.1) is 6.92 Å². The van der Waals surface area contributed by atoms with E-state index in [0.717, 1.165) is 12.0 Å². The molecule has 0 atom stereocenters. The molecule has 0 saturated carbocycles. The zero-order chi connectivity index (χ0) is 25.2. The highest BCUT2D eigenvalue weighted by Gasteiger charge is 2.20. The normalized spacial score (nSPS) is 12.4. The fourth-order valence-electron chi connectivity index (χ4n) is 4.17. The molecule has 1 aliphatic heterocycles. The lowest BCUT2D eigenvalue weighted by Gasteiger charge is -2.19. The van der Waals surface area contributed by atoms with Crippen molar-refractivity contribution in [2.75, 3.05) is 18.5 Å². The van der Waals surface area contributed by atoms with E-state index in [0.29, 0.717) is 47.3 Å². The minimum absolute atomic E-state index is 0.00969. The van der Waals surface area contributed by atoms with Crippen molar-refractivity contribution in [3.05, 3.63) is 93.4 Å². The molecule has 0 fully saturated rings. The van der Waals surface area contributed by atoms with Gasteiger partial charge in [-0.25, -0.2) is 4.98 Å². The van der Waals surface area contributed by atoms with Gasteiger partial charge in [0.15, 0.2) is 17.3 Å². The van der Waals surface area contributed by atoms with Gasteiger partial charge in [-0.3, -0.25) is 14.4 Å². The first kappa shape index (κ1) is 23.3. The number of carbonyl (C=O) groups is 2. The number of aryl methyl sites for hydroxylation is 2. The molecule has 182 valence electrons. The quantitative estimate of drug-likeness (QED) is 0.418. The van der Waals surface area contributed by atoms with Gasteiger partial charge in [-0.1, -0.05) is 31.2 Å². The molecule has 3 heterocycles. The minimum atomic E-state index is -0.412. The molecule has 4 aromatic rings. The predicted octanol–water partition coefficient (Wildman–Crippen LogP) is 3.91. The van der Waals surface area contributed by atoms with Crippen molar-refractivity contribution in [2.24, 2.45) is 0 Å². The average molecular weight is 484 g/mol. The Morgan fingerprint density at radius 3 is 2.50 bits per heavy atom. The zero-order valence-corrected chi connectivity index (χ0v) is 20.0. The fraction of sp³-hybridized carbons (Fsp3) is 0.214. The Morgan fingerprint density at radius 2 is 1.75 bits per heavy atom. The van der Waals surface area contributed by atoms with Gasteiger partial charge in [0.25, 0.3) is 0 Å². The van der Waals surface area contributed by atoms with E-state index in [9.17, 15) is 14.4 Å². The number of anilines is 1. The van der Waals surface area contributed by atoms with Gasteiger partial charge < -0.3 is 19.4 Å². The molecule has 0 bridgehead atoms. The van der Waals surface area contributed by atoms with Crippen LogP contribution in [-0.2, 0) is 17.8 Å². The smallest absolute Gasteiger partial charge is 0.244 e. The van der Waals surface area contributed by atoms with Crippen LogP contribution in [0.15, 0.2) is 65.6 Å². The largest absolute Gasteiger partial charge is 0.486 e. The number of rotatable bonds is 6. The van der Waals surface area contributed by atoms with Crippen molar-refractivity contribution in [2.45, 2.75) is 26.8 Å². The summed E-state index contributed by atoms with van der Waals surface area (Å²) in [7, 11) is 0. The predicted molar refractivity (Wildman–Crippen MR) is 136 cm³/mol. The van der Waals surface area contributed by atoms with E-state index in [4.69, 9.17) is 9.47 Å². The molecular formula is C28H25N3O5. The molecule has 0 saturated heterocycles. The molecule has 8 heteroatoms. The summed E-state index contributed by atoms with van der Waals surface area (Å²) < 4.78 is 12.7. The lowest BCUT2D eigenvalue weighted by atomic mass is 10.0. The van der Waals surface area contributed by atoms with E-state index in [2.05, 4.69) is 10.3 Å². The third kappa shape index (κ3) is 4.57. The molecule has 0 radical (unpaired) electrons. The monoisotopic (exact) mass is 483 g/mol. The molecule has 8 nitrogen and oxygen atoms in total. The maximum Gasteiger partial charge on any atom is 0.244 e. The maximum atomic E-state index is 13.3. The molecule has 1 aliphatic rings. The van der Waals surface area contributed by atoms with Crippen molar-refractivity contribution in [1.82, 2.24) is 9.55 Å². The van der Waals surface area contributed by atoms with E-state index in [1.165, 1.54) is 6.20 Å². The van der Waals surface area contributed by atoms with E-state index >= 15 is 0 Å². The molecular weight excluding hydrogens is 458 g/mol. The Kier molecular flexibility index (Phi) is 6.25. The number of carbonyl (C=O) groups excluding carboxylic acids is 2. The lowest BCUT2D eigenvalue weighted by Crippen LogP contribution is -2.25. The zero-order valence-electron chi connectivity index (χ0n) is 20.0. The summed E-state index contributed by atoms with van der Waals surface area (Å²) in [6, 6.07) is 15.7. The van der Waals surface area contributed by atoms with Crippen molar-refractivity contribution < 1.29 is 19.1 Å². The van der Waals surface area contributed by atoms with Crippen LogP contribution < -0.4 is 20.2 Å². The van der Waals surface area contributed by atoms with Crippen molar-refractivity contribution in [3.8, 4) is 11.5 Å². The Bertz CT molecular complexity index is 1540. The maximum absolute atomic E-state index is 13.3. The van der Waals surface area contributed by atoms with Crippen LogP contribution >= 0.6 is 0 Å². The first-order chi connectivity index (χ1) is 17.4. The number of nitrogens with one attached hydrogen (secondary N) is 1. The Morgan fingerprint density at radius 1 is 1.00 bits per heavy atom. The average Bonchev–Trinajstić information content (AvgIpc) is 2.89. The number of benzene rings is 2. The summed E-state index contributed by atoms with van der Waals surface area (Å²) in [4.78, 5) is 44.0. The topological polar surface area (TPSA) is 99.5 Å². The molecule has 0 unspecified atom stereocenters. The van der Waals surface area contributed by atoms with Gasteiger partial charge in [0.2, 0.25) is 11.3 Å². The van der Waals surface area contributed by atoms with E-state index < -0.39 is 11.2 Å². The minimum Gasteiger partial charge on any atom is -0.486 e. The number of pyridine rings is 2. The van der Waals surface area contributed by atoms with E-state index in [-0.39, 0.29) is 23.4 Å². The molecule has 1 amide bonds. The standard InChI is InChI=1S/C28H25N3O5/c1-3-18-5-7-19(8-6-18)26(33)22-15-31(28-21(27(22)34)10-4-17(2)29-28)16-25(32)30-20-9-11-23-24(14-20)36-13-12-35-23/h4-11,14-15H,3,12-13,16H2,1-2H3,(H,30,32). The van der Waals surface area contributed by atoms with E-state index in [1.807, 2.05) is 19.1 Å². The second-order valence-electron chi connectivity index (χ2n) is 8.61. The van der Waals surface area contributed by atoms with Crippen LogP contribution in [0.5, 0.6) is 11.5 Å². The van der Waals surface area contributed by atoms with Gasteiger partial charge in [0.05, 0.1) is 10.9 Å². The Balaban J connectivity index is 1.49. The molecule has 2 aromatic carbocycles. The highest BCUT2D eigenvalue weighted by molar-refractivity contribution is 6.10. The molecule has 0 aliphatic carbocycles.